The van der Waals surface area contributed by atoms with Gasteiger partial charge < -0.3 is 15.5 Å². The molecule has 6 nitrogen and oxygen atoms in total. The summed E-state index contributed by atoms with van der Waals surface area (Å²) in [4.78, 5) is 15.1. The molecule has 1 aliphatic heterocycles. The van der Waals surface area contributed by atoms with E-state index in [1.165, 1.54) is 6.07 Å². The number of primary amides is 1. The number of nitrogens with zero attached hydrogens (tertiary/aromatic N) is 3. The maximum Gasteiger partial charge on any atom is 0.418 e. The van der Waals surface area contributed by atoms with Gasteiger partial charge in [0.05, 0.1) is 22.6 Å². The molecule has 0 aliphatic carbocycles. The number of benzene rings is 1. The first-order valence-corrected chi connectivity index (χ1v) is 8.21. The van der Waals surface area contributed by atoms with E-state index in [-0.39, 0.29) is 11.3 Å². The number of carbonyl (C=O) groups excluding carboxylic acids is 1. The molecule has 1 aliphatic rings. The van der Waals surface area contributed by atoms with E-state index in [0.717, 1.165) is 29.2 Å². The molecule has 2 aromatic rings. The molecule has 1 fully saturated rings. The van der Waals surface area contributed by atoms with Gasteiger partial charge in [-0.2, -0.15) is 18.3 Å². The summed E-state index contributed by atoms with van der Waals surface area (Å²) in [6, 6.07) is 3.27. The Morgan fingerprint density at radius 3 is 2.27 bits per heavy atom. The van der Waals surface area contributed by atoms with Gasteiger partial charge in [-0.15, -0.1) is 0 Å². The number of hydrogen-bond acceptors (Lipinski definition) is 4. The molecule has 1 amide bonds. The van der Waals surface area contributed by atoms with Gasteiger partial charge in [0.2, 0.25) is 5.91 Å². The molecule has 9 heteroatoms. The van der Waals surface area contributed by atoms with Crippen LogP contribution >= 0.6 is 0 Å². The largest absolute Gasteiger partial charge is 0.418 e. The number of halogens is 3. The highest BCUT2D eigenvalue weighted by molar-refractivity contribution is 5.94. The molecule has 0 saturated carbocycles. The molecule has 1 saturated heterocycles. The van der Waals surface area contributed by atoms with Crippen molar-refractivity contribution in [2.45, 2.75) is 20.0 Å². The molecule has 3 rings (SSSR count). The number of H-pyrrole nitrogens is 1. The monoisotopic (exact) mass is 367 g/mol. The fourth-order valence-electron chi connectivity index (χ4n) is 3.37. The normalized spacial score (nSPS) is 15.4. The lowest BCUT2D eigenvalue weighted by Gasteiger charge is -2.38. The summed E-state index contributed by atoms with van der Waals surface area (Å²) in [6.07, 6.45) is -4.50. The number of alkyl halides is 3. The number of nitrogens with two attached hydrogens (primary N) is 1. The second-order valence-corrected chi connectivity index (χ2v) is 6.35. The van der Waals surface area contributed by atoms with Gasteiger partial charge in [0.15, 0.2) is 0 Å². The molecule has 0 radical (unpaired) electrons. The minimum Gasteiger partial charge on any atom is -0.367 e. The van der Waals surface area contributed by atoms with Crippen LogP contribution in [0.3, 0.4) is 0 Å². The summed E-state index contributed by atoms with van der Waals surface area (Å²) in [5, 5.41) is 7.09. The highest BCUT2D eigenvalue weighted by atomic mass is 19.4. The van der Waals surface area contributed by atoms with E-state index in [4.69, 9.17) is 5.73 Å². The standard InChI is InChI=1S/C17H20F3N5O/c1-10-15(11(2)23-22-10)25-7-5-24(6-8-25)14-9-12(16(21)26)3-4-13(14)17(18,19)20/h3-4,9H,5-8H2,1-2H3,(H2,21,26)(H,22,23). The number of nitrogens with one attached hydrogen (secondary N) is 1. The van der Waals surface area contributed by atoms with Gasteiger partial charge in [0.25, 0.3) is 0 Å². The van der Waals surface area contributed by atoms with E-state index >= 15 is 0 Å². The fraction of sp³-hybridized carbons (Fsp3) is 0.412. The van der Waals surface area contributed by atoms with Crippen molar-refractivity contribution in [1.29, 1.82) is 0 Å². The molecule has 26 heavy (non-hydrogen) atoms. The van der Waals surface area contributed by atoms with E-state index < -0.39 is 17.6 Å². The van der Waals surface area contributed by atoms with Crippen molar-refractivity contribution in [3.8, 4) is 0 Å². The van der Waals surface area contributed by atoms with Crippen LogP contribution in [0.4, 0.5) is 24.5 Å². The van der Waals surface area contributed by atoms with Crippen molar-refractivity contribution < 1.29 is 18.0 Å². The highest BCUT2D eigenvalue weighted by Crippen LogP contribution is 2.38. The molecule has 0 spiro atoms. The Bertz CT molecular complexity index is 803. The number of rotatable bonds is 3. The fourth-order valence-corrected chi connectivity index (χ4v) is 3.37. The summed E-state index contributed by atoms with van der Waals surface area (Å²) >= 11 is 0. The van der Waals surface area contributed by atoms with Crippen LogP contribution in [-0.2, 0) is 6.18 Å². The van der Waals surface area contributed by atoms with Crippen molar-refractivity contribution in [2.75, 3.05) is 36.0 Å². The van der Waals surface area contributed by atoms with E-state index in [0.29, 0.717) is 26.2 Å². The molecule has 3 N–H and O–H groups in total. The Balaban J connectivity index is 1.86. The minimum atomic E-state index is -4.50. The number of aryl methyl sites for hydroxylation is 2. The van der Waals surface area contributed by atoms with Gasteiger partial charge in [-0.3, -0.25) is 9.89 Å². The van der Waals surface area contributed by atoms with Crippen LogP contribution in [-0.4, -0.2) is 42.3 Å². The first-order chi connectivity index (χ1) is 12.2. The minimum absolute atomic E-state index is 0.00547. The van der Waals surface area contributed by atoms with Gasteiger partial charge in [0.1, 0.15) is 0 Å². The summed E-state index contributed by atoms with van der Waals surface area (Å²) < 4.78 is 40.1. The Hall–Kier alpha value is -2.71. The SMILES string of the molecule is Cc1n[nH]c(C)c1N1CCN(c2cc(C(N)=O)ccc2C(F)(F)F)CC1. The number of anilines is 2. The van der Waals surface area contributed by atoms with Crippen molar-refractivity contribution in [1.82, 2.24) is 10.2 Å². The first kappa shape index (κ1) is 18.1. The Morgan fingerprint density at radius 2 is 1.77 bits per heavy atom. The third kappa shape index (κ3) is 3.33. The van der Waals surface area contributed by atoms with Crippen LogP contribution < -0.4 is 15.5 Å². The summed E-state index contributed by atoms with van der Waals surface area (Å²) in [6.45, 7) is 5.71. The second-order valence-electron chi connectivity index (χ2n) is 6.35. The van der Waals surface area contributed by atoms with Crippen LogP contribution in [0.5, 0.6) is 0 Å². The average Bonchev–Trinajstić information content (AvgIpc) is 2.92. The third-order valence-electron chi connectivity index (χ3n) is 4.61. The number of amides is 1. The van der Waals surface area contributed by atoms with Gasteiger partial charge >= 0.3 is 6.18 Å². The average molecular weight is 367 g/mol. The Morgan fingerprint density at radius 1 is 1.15 bits per heavy atom. The molecular weight excluding hydrogens is 347 g/mol. The van der Waals surface area contributed by atoms with Crippen molar-refractivity contribution in [3.63, 3.8) is 0 Å². The number of aromatic amines is 1. The van der Waals surface area contributed by atoms with Crippen LogP contribution in [0.2, 0.25) is 0 Å². The summed E-state index contributed by atoms with van der Waals surface area (Å²) in [5.74, 6) is -0.747. The van der Waals surface area contributed by atoms with E-state index in [2.05, 4.69) is 15.1 Å². The van der Waals surface area contributed by atoms with Crippen LogP contribution in [0, 0.1) is 13.8 Å². The van der Waals surface area contributed by atoms with Gasteiger partial charge in [0, 0.05) is 37.4 Å². The molecule has 140 valence electrons. The van der Waals surface area contributed by atoms with E-state index in [1.807, 2.05) is 13.8 Å². The number of piperazine rings is 1. The third-order valence-corrected chi connectivity index (χ3v) is 4.61. The summed E-state index contributed by atoms with van der Waals surface area (Å²) in [5.41, 5.74) is 7.33. The molecular formula is C17H20F3N5O. The van der Waals surface area contributed by atoms with Crippen LogP contribution in [0.25, 0.3) is 0 Å². The highest BCUT2D eigenvalue weighted by Gasteiger charge is 2.36. The number of aromatic nitrogens is 2. The van der Waals surface area contributed by atoms with Crippen LogP contribution in [0.15, 0.2) is 18.2 Å². The zero-order valence-electron chi connectivity index (χ0n) is 14.5. The maximum absolute atomic E-state index is 13.4. The van der Waals surface area contributed by atoms with Crippen molar-refractivity contribution in [2.24, 2.45) is 5.73 Å². The van der Waals surface area contributed by atoms with E-state index in [1.54, 1.807) is 4.90 Å². The predicted octanol–water partition coefficient (Wildman–Crippen LogP) is 2.47. The van der Waals surface area contributed by atoms with Gasteiger partial charge in [-0.05, 0) is 32.0 Å². The van der Waals surface area contributed by atoms with Crippen molar-refractivity contribution in [3.05, 3.63) is 40.7 Å². The molecule has 2 heterocycles. The van der Waals surface area contributed by atoms with Gasteiger partial charge in [-0.1, -0.05) is 0 Å². The maximum atomic E-state index is 13.4. The smallest absolute Gasteiger partial charge is 0.367 e. The molecule has 0 bridgehead atoms. The molecule has 0 atom stereocenters. The Kier molecular flexibility index (Phi) is 4.55. The first-order valence-electron chi connectivity index (χ1n) is 8.21. The summed E-state index contributed by atoms with van der Waals surface area (Å²) in [7, 11) is 0. The Labute approximate surface area is 148 Å². The molecule has 1 aromatic heterocycles. The molecule has 0 unspecified atom stereocenters. The topological polar surface area (TPSA) is 78.2 Å². The van der Waals surface area contributed by atoms with Crippen LogP contribution in [0.1, 0.15) is 27.3 Å². The predicted molar refractivity (Wildman–Crippen MR) is 92.4 cm³/mol. The molecule has 1 aromatic carbocycles. The zero-order chi connectivity index (χ0) is 19.1. The van der Waals surface area contributed by atoms with Crippen molar-refractivity contribution >= 4 is 17.3 Å². The number of carbonyl (C=O) groups is 1. The zero-order valence-corrected chi connectivity index (χ0v) is 14.5. The second kappa shape index (κ2) is 6.54. The van der Waals surface area contributed by atoms with E-state index in [9.17, 15) is 18.0 Å². The van der Waals surface area contributed by atoms with Gasteiger partial charge in [-0.25, -0.2) is 0 Å². The number of hydrogen-bond donors (Lipinski definition) is 2. The quantitative estimate of drug-likeness (QED) is 0.874. The lowest BCUT2D eigenvalue weighted by Crippen LogP contribution is -2.47. The lowest BCUT2D eigenvalue weighted by atomic mass is 10.1. The lowest BCUT2D eigenvalue weighted by molar-refractivity contribution is -0.137.